The molecule has 4 fully saturated rings. The molecule has 2 heterocycles. The quantitative estimate of drug-likeness (QED) is 0.197. The van der Waals surface area contributed by atoms with Crippen LogP contribution < -0.4 is 0 Å². The Balaban J connectivity index is 1.09. The Labute approximate surface area is 302 Å². The van der Waals surface area contributed by atoms with E-state index in [1.54, 1.807) is 0 Å². The minimum atomic E-state index is -0.172. The van der Waals surface area contributed by atoms with Crippen LogP contribution >= 0.6 is 23.2 Å². The van der Waals surface area contributed by atoms with E-state index in [0.29, 0.717) is 5.78 Å². The highest BCUT2D eigenvalue weighted by molar-refractivity contribution is 6.30. The zero-order valence-electron chi connectivity index (χ0n) is 29.6. The average molecular weight is 694 g/mol. The van der Waals surface area contributed by atoms with Gasteiger partial charge in [0, 0.05) is 23.1 Å². The summed E-state index contributed by atoms with van der Waals surface area (Å²) in [6.45, 7) is 6.00. The third-order valence-corrected chi connectivity index (χ3v) is 13.4. The van der Waals surface area contributed by atoms with Gasteiger partial charge in [-0.1, -0.05) is 137 Å². The number of carbonyl (C=O) groups excluding carboxylic acids is 1. The van der Waals surface area contributed by atoms with Crippen LogP contribution in [0.25, 0.3) is 0 Å². The molecule has 48 heavy (non-hydrogen) atoms. The van der Waals surface area contributed by atoms with Crippen molar-refractivity contribution in [3.63, 3.8) is 0 Å². The third kappa shape index (κ3) is 10.8. The highest BCUT2D eigenvalue weighted by Gasteiger charge is 2.34. The van der Waals surface area contributed by atoms with Crippen LogP contribution in [0.1, 0.15) is 139 Å². The van der Waals surface area contributed by atoms with E-state index in [9.17, 15) is 4.79 Å². The highest BCUT2D eigenvalue weighted by atomic mass is 35.5. The van der Waals surface area contributed by atoms with Crippen molar-refractivity contribution in [2.45, 2.75) is 127 Å². The van der Waals surface area contributed by atoms with Gasteiger partial charge in [0.15, 0.2) is 0 Å². The lowest BCUT2D eigenvalue weighted by atomic mass is 9.80. The first-order valence-electron chi connectivity index (χ1n) is 20.0. The van der Waals surface area contributed by atoms with Gasteiger partial charge in [-0.25, -0.2) is 0 Å². The van der Waals surface area contributed by atoms with E-state index in [4.69, 9.17) is 23.2 Å². The van der Waals surface area contributed by atoms with E-state index < -0.39 is 0 Å². The molecule has 2 saturated carbocycles. The summed E-state index contributed by atoms with van der Waals surface area (Å²) in [6.07, 6.45) is 25.2. The molecule has 0 radical (unpaired) electrons. The Morgan fingerprint density at radius 1 is 0.500 bits per heavy atom. The number of rotatable bonds is 14. The molecular formula is C43H62Cl2N2O. The monoisotopic (exact) mass is 692 g/mol. The lowest BCUT2D eigenvalue weighted by Gasteiger charge is -2.37. The second kappa shape index (κ2) is 18.7. The number of Topliss-reactive ketones (excluding diaryl/α,β-unsaturated/α-hetero) is 1. The lowest BCUT2D eigenvalue weighted by Crippen LogP contribution is -2.42. The Morgan fingerprint density at radius 3 is 1.15 bits per heavy atom. The fraction of sp³-hybridized carbons (Fsp3) is 0.698. The number of piperidine rings is 2. The molecule has 2 aliphatic heterocycles. The van der Waals surface area contributed by atoms with Gasteiger partial charge in [-0.3, -0.25) is 4.79 Å². The molecular weight excluding hydrogens is 631 g/mol. The highest BCUT2D eigenvalue weighted by Crippen LogP contribution is 2.36. The maximum atomic E-state index is 14.9. The Hall–Kier alpha value is -1.39. The molecule has 2 unspecified atom stereocenters. The largest absolute Gasteiger partial charge is 0.302 e. The van der Waals surface area contributed by atoms with Gasteiger partial charge in [-0.15, -0.1) is 0 Å². The SMILES string of the molecule is O=C(C(CN1CCC(CCC2CCCCC2)CC1)c1ccc(Cl)cc1)C(CN1CCC(CCC2CCCCC2)CC1)c1ccc(Cl)cc1. The first-order chi connectivity index (χ1) is 23.5. The topological polar surface area (TPSA) is 23.6 Å². The minimum Gasteiger partial charge on any atom is -0.302 e. The van der Waals surface area contributed by atoms with Gasteiger partial charge >= 0.3 is 0 Å². The number of nitrogens with zero attached hydrogens (tertiary/aromatic N) is 2. The zero-order valence-corrected chi connectivity index (χ0v) is 31.1. The summed E-state index contributed by atoms with van der Waals surface area (Å²) in [5.74, 6) is 3.64. The number of carbonyl (C=O) groups is 1. The second-order valence-corrected chi connectivity index (χ2v) is 17.1. The summed E-state index contributed by atoms with van der Waals surface area (Å²) in [4.78, 5) is 20.1. The maximum absolute atomic E-state index is 14.9. The van der Waals surface area contributed by atoms with E-state index in [-0.39, 0.29) is 11.8 Å². The van der Waals surface area contributed by atoms with Crippen LogP contribution in [0, 0.1) is 23.7 Å². The summed E-state index contributed by atoms with van der Waals surface area (Å²) in [6, 6.07) is 16.2. The number of likely N-dealkylation sites (tertiary alicyclic amines) is 2. The van der Waals surface area contributed by atoms with E-state index in [0.717, 1.165) is 84.1 Å². The molecule has 0 spiro atoms. The molecule has 3 nitrogen and oxygen atoms in total. The molecule has 264 valence electrons. The lowest BCUT2D eigenvalue weighted by molar-refractivity contribution is -0.123. The summed E-state index contributed by atoms with van der Waals surface area (Å²) in [5.41, 5.74) is 2.20. The van der Waals surface area contributed by atoms with Crippen molar-refractivity contribution < 1.29 is 4.79 Å². The number of ketones is 1. The third-order valence-electron chi connectivity index (χ3n) is 12.9. The minimum absolute atomic E-state index is 0.172. The van der Waals surface area contributed by atoms with Crippen LogP contribution in [0.15, 0.2) is 48.5 Å². The molecule has 0 N–H and O–H groups in total. The van der Waals surface area contributed by atoms with Gasteiger partial charge in [0.2, 0.25) is 0 Å². The van der Waals surface area contributed by atoms with Crippen LogP contribution in [0.4, 0.5) is 0 Å². The van der Waals surface area contributed by atoms with Gasteiger partial charge < -0.3 is 9.80 Å². The van der Waals surface area contributed by atoms with E-state index in [2.05, 4.69) is 34.1 Å². The summed E-state index contributed by atoms with van der Waals surface area (Å²) < 4.78 is 0. The summed E-state index contributed by atoms with van der Waals surface area (Å²) >= 11 is 12.7. The van der Waals surface area contributed by atoms with Crippen molar-refractivity contribution in [3.05, 3.63) is 69.7 Å². The molecule has 0 bridgehead atoms. The van der Waals surface area contributed by atoms with Crippen molar-refractivity contribution in [1.29, 1.82) is 0 Å². The summed E-state index contributed by atoms with van der Waals surface area (Å²) in [7, 11) is 0. The number of benzene rings is 2. The molecule has 0 amide bonds. The fourth-order valence-corrected chi connectivity index (χ4v) is 9.93. The molecule has 6 rings (SSSR count). The Kier molecular flexibility index (Phi) is 14.2. The van der Waals surface area contributed by atoms with Gasteiger partial charge in [0.25, 0.3) is 0 Å². The van der Waals surface area contributed by atoms with Crippen LogP contribution in [0.2, 0.25) is 10.0 Å². The van der Waals surface area contributed by atoms with Crippen LogP contribution in [-0.4, -0.2) is 54.9 Å². The maximum Gasteiger partial charge on any atom is 0.150 e. The van der Waals surface area contributed by atoms with Gasteiger partial charge in [-0.05, 0) is 111 Å². The van der Waals surface area contributed by atoms with Crippen molar-refractivity contribution in [3.8, 4) is 0 Å². The molecule has 5 heteroatoms. The Bertz CT molecular complexity index is 1120. The standard InChI is InChI=1S/C43H62Cl2N2O/c44-39-19-15-37(16-20-39)41(31-46-27-23-35(24-28-46)13-11-33-7-3-1-4-8-33)43(48)42(38-17-21-40(45)22-18-38)32-47-29-25-36(26-30-47)14-12-34-9-5-2-6-10-34/h15-22,33-36,41-42H,1-14,23-32H2. The van der Waals surface area contributed by atoms with Gasteiger partial charge in [0.05, 0.1) is 11.8 Å². The average Bonchev–Trinajstić information content (AvgIpc) is 3.13. The molecule has 2 aliphatic carbocycles. The van der Waals surface area contributed by atoms with Gasteiger partial charge in [0.1, 0.15) is 5.78 Å². The molecule has 0 aromatic heterocycles. The molecule has 2 atom stereocenters. The first kappa shape index (κ1) is 36.4. The molecule has 4 aliphatic rings. The van der Waals surface area contributed by atoms with Crippen LogP contribution in [-0.2, 0) is 4.79 Å². The molecule has 2 aromatic carbocycles. The Morgan fingerprint density at radius 2 is 0.812 bits per heavy atom. The zero-order chi connectivity index (χ0) is 33.1. The first-order valence-corrected chi connectivity index (χ1v) is 20.7. The smallest absolute Gasteiger partial charge is 0.150 e. The van der Waals surface area contributed by atoms with Crippen LogP contribution in [0.3, 0.4) is 0 Å². The van der Waals surface area contributed by atoms with Crippen molar-refractivity contribution >= 4 is 29.0 Å². The van der Waals surface area contributed by atoms with Crippen LogP contribution in [0.5, 0.6) is 0 Å². The fourth-order valence-electron chi connectivity index (χ4n) is 9.68. The van der Waals surface area contributed by atoms with E-state index >= 15 is 0 Å². The molecule has 2 aromatic rings. The van der Waals surface area contributed by atoms with Crippen molar-refractivity contribution in [2.75, 3.05) is 39.3 Å². The molecule has 2 saturated heterocycles. The predicted molar refractivity (Wildman–Crippen MR) is 203 cm³/mol. The number of halogens is 2. The van der Waals surface area contributed by atoms with Crippen molar-refractivity contribution in [2.24, 2.45) is 23.7 Å². The number of hydrogen-bond donors (Lipinski definition) is 0. The van der Waals surface area contributed by atoms with E-state index in [1.807, 2.05) is 24.3 Å². The van der Waals surface area contributed by atoms with E-state index in [1.165, 1.54) is 116 Å². The summed E-state index contributed by atoms with van der Waals surface area (Å²) in [5, 5.41) is 1.45. The predicted octanol–water partition coefficient (Wildman–Crippen LogP) is 11.6. The number of hydrogen-bond acceptors (Lipinski definition) is 3. The second-order valence-electron chi connectivity index (χ2n) is 16.3. The van der Waals surface area contributed by atoms with Crippen molar-refractivity contribution in [1.82, 2.24) is 9.80 Å². The normalized spacial score (nSPS) is 22.9. The van der Waals surface area contributed by atoms with Gasteiger partial charge in [-0.2, -0.15) is 0 Å².